The number of hydrogen-bond acceptors (Lipinski definition) is 0. The molecule has 0 fully saturated rings. The Morgan fingerprint density at radius 3 is 2.53 bits per heavy atom. The number of rotatable bonds is 1. The zero-order chi connectivity index (χ0) is 10.4. The summed E-state index contributed by atoms with van der Waals surface area (Å²) in [6, 6.07) is 13.1. The van der Waals surface area contributed by atoms with Crippen LogP contribution >= 0.6 is 0 Å². The van der Waals surface area contributed by atoms with Gasteiger partial charge in [-0.15, -0.1) is 0 Å². The molecule has 1 aliphatic heterocycles. The molecule has 0 amide bonds. The standard InChI is InChI=1S/C14H14N/c1-3-15-10(2)12-8-4-6-11-7-5-9-13(15)14(11)12/h4-9H,3H2,1-2H3/q+1. The van der Waals surface area contributed by atoms with Crippen LogP contribution in [0, 0.1) is 0 Å². The smallest absolute Gasteiger partial charge is 0.196 e. The van der Waals surface area contributed by atoms with E-state index in [1.807, 2.05) is 0 Å². The Morgan fingerprint density at radius 2 is 1.80 bits per heavy atom. The van der Waals surface area contributed by atoms with Crippen molar-refractivity contribution in [2.75, 3.05) is 6.54 Å². The summed E-state index contributed by atoms with van der Waals surface area (Å²) in [6.45, 7) is 5.45. The van der Waals surface area contributed by atoms with Crippen LogP contribution in [-0.2, 0) is 0 Å². The summed E-state index contributed by atoms with van der Waals surface area (Å²) in [5.41, 5.74) is 4.14. The summed E-state index contributed by atoms with van der Waals surface area (Å²) < 4.78 is 2.39. The van der Waals surface area contributed by atoms with Gasteiger partial charge in [0.15, 0.2) is 5.71 Å². The van der Waals surface area contributed by atoms with Gasteiger partial charge < -0.3 is 0 Å². The topological polar surface area (TPSA) is 3.01 Å². The molecule has 0 atom stereocenters. The molecule has 1 heteroatoms. The van der Waals surface area contributed by atoms with Crippen LogP contribution in [0.15, 0.2) is 36.4 Å². The van der Waals surface area contributed by atoms with Gasteiger partial charge in [0, 0.05) is 13.0 Å². The molecular weight excluding hydrogens is 182 g/mol. The minimum atomic E-state index is 1.04. The molecular formula is C14H14N+. The van der Waals surface area contributed by atoms with Gasteiger partial charge in [-0.05, 0) is 18.4 Å². The van der Waals surface area contributed by atoms with E-state index in [0.29, 0.717) is 0 Å². The highest BCUT2D eigenvalue weighted by Gasteiger charge is 2.26. The van der Waals surface area contributed by atoms with Gasteiger partial charge in [0.05, 0.1) is 10.9 Å². The highest BCUT2D eigenvalue weighted by atomic mass is 15.0. The predicted octanol–water partition coefficient (Wildman–Crippen LogP) is 3.33. The van der Waals surface area contributed by atoms with Crippen LogP contribution in [0.2, 0.25) is 0 Å². The third-order valence-corrected chi connectivity index (χ3v) is 3.28. The second-order valence-electron chi connectivity index (χ2n) is 4.01. The minimum Gasteiger partial charge on any atom is -0.196 e. The first-order chi connectivity index (χ1) is 7.33. The Bertz CT molecular complexity index is 574. The van der Waals surface area contributed by atoms with Crippen molar-refractivity contribution < 1.29 is 4.58 Å². The van der Waals surface area contributed by atoms with E-state index in [1.54, 1.807) is 0 Å². The van der Waals surface area contributed by atoms with Crippen molar-refractivity contribution >= 4 is 22.2 Å². The van der Waals surface area contributed by atoms with Crippen molar-refractivity contribution in [3.05, 3.63) is 42.0 Å². The summed E-state index contributed by atoms with van der Waals surface area (Å²) in [7, 11) is 0. The maximum atomic E-state index is 2.39. The molecule has 2 aromatic carbocycles. The Balaban J connectivity index is 2.50. The maximum Gasteiger partial charge on any atom is 0.214 e. The van der Waals surface area contributed by atoms with E-state index in [4.69, 9.17) is 0 Å². The van der Waals surface area contributed by atoms with Crippen molar-refractivity contribution in [2.24, 2.45) is 0 Å². The van der Waals surface area contributed by atoms with Gasteiger partial charge in [0.1, 0.15) is 6.54 Å². The van der Waals surface area contributed by atoms with E-state index in [9.17, 15) is 0 Å². The first kappa shape index (κ1) is 8.66. The summed E-state index contributed by atoms with van der Waals surface area (Å²) >= 11 is 0. The lowest BCUT2D eigenvalue weighted by molar-refractivity contribution is -0.432. The van der Waals surface area contributed by atoms with Crippen molar-refractivity contribution in [1.29, 1.82) is 0 Å². The van der Waals surface area contributed by atoms with E-state index in [-0.39, 0.29) is 0 Å². The molecule has 74 valence electrons. The Hall–Kier alpha value is -1.63. The summed E-state index contributed by atoms with van der Waals surface area (Å²) in [6.07, 6.45) is 0. The van der Waals surface area contributed by atoms with Crippen LogP contribution in [0.3, 0.4) is 0 Å². The molecule has 0 unspecified atom stereocenters. The summed E-state index contributed by atoms with van der Waals surface area (Å²) in [4.78, 5) is 0. The normalized spacial score (nSPS) is 14.0. The molecule has 3 rings (SSSR count). The lowest BCUT2D eigenvalue weighted by Crippen LogP contribution is -2.09. The summed E-state index contributed by atoms with van der Waals surface area (Å²) in [5.74, 6) is 0. The van der Waals surface area contributed by atoms with E-state index in [2.05, 4.69) is 54.8 Å². The average Bonchev–Trinajstić information content (AvgIpc) is 2.55. The molecule has 0 radical (unpaired) electrons. The monoisotopic (exact) mass is 196 g/mol. The van der Waals surface area contributed by atoms with Crippen molar-refractivity contribution in [2.45, 2.75) is 13.8 Å². The van der Waals surface area contributed by atoms with Gasteiger partial charge in [0.2, 0.25) is 5.69 Å². The first-order valence-corrected chi connectivity index (χ1v) is 5.46. The molecule has 0 spiro atoms. The van der Waals surface area contributed by atoms with Crippen LogP contribution in [0.25, 0.3) is 10.8 Å². The van der Waals surface area contributed by atoms with Crippen molar-refractivity contribution in [1.82, 2.24) is 0 Å². The van der Waals surface area contributed by atoms with Crippen LogP contribution in [-0.4, -0.2) is 16.8 Å². The fraction of sp³-hybridized carbons (Fsp3) is 0.214. The van der Waals surface area contributed by atoms with Gasteiger partial charge >= 0.3 is 0 Å². The molecule has 0 aromatic heterocycles. The van der Waals surface area contributed by atoms with Crippen LogP contribution < -0.4 is 0 Å². The van der Waals surface area contributed by atoms with Gasteiger partial charge in [-0.3, -0.25) is 0 Å². The van der Waals surface area contributed by atoms with Gasteiger partial charge in [0.25, 0.3) is 0 Å². The molecule has 2 aromatic rings. The number of benzene rings is 2. The number of nitrogens with zero attached hydrogens (tertiary/aromatic N) is 1. The second-order valence-corrected chi connectivity index (χ2v) is 4.01. The Labute approximate surface area is 89.7 Å². The van der Waals surface area contributed by atoms with Gasteiger partial charge in [-0.1, -0.05) is 24.3 Å². The van der Waals surface area contributed by atoms with E-state index in [1.165, 1.54) is 27.7 Å². The Morgan fingerprint density at radius 1 is 1.07 bits per heavy atom. The largest absolute Gasteiger partial charge is 0.214 e. The molecule has 0 saturated heterocycles. The molecule has 0 saturated carbocycles. The molecule has 0 aliphatic carbocycles. The highest BCUT2D eigenvalue weighted by Crippen LogP contribution is 2.34. The van der Waals surface area contributed by atoms with Crippen molar-refractivity contribution in [3.63, 3.8) is 0 Å². The Kier molecular flexibility index (Phi) is 1.69. The van der Waals surface area contributed by atoms with Crippen LogP contribution in [0.4, 0.5) is 5.69 Å². The number of hydrogen-bond donors (Lipinski definition) is 0. The third kappa shape index (κ3) is 1.01. The lowest BCUT2D eigenvalue weighted by atomic mass is 10.0. The third-order valence-electron chi connectivity index (χ3n) is 3.28. The second kappa shape index (κ2) is 2.93. The van der Waals surface area contributed by atoms with Gasteiger partial charge in [-0.2, -0.15) is 4.58 Å². The quantitative estimate of drug-likeness (QED) is 0.615. The fourth-order valence-corrected chi connectivity index (χ4v) is 2.58. The van der Waals surface area contributed by atoms with Crippen LogP contribution in [0.5, 0.6) is 0 Å². The minimum absolute atomic E-state index is 1.04. The zero-order valence-electron chi connectivity index (χ0n) is 9.12. The molecule has 0 bridgehead atoms. The van der Waals surface area contributed by atoms with E-state index in [0.717, 1.165) is 6.54 Å². The van der Waals surface area contributed by atoms with Crippen molar-refractivity contribution in [3.8, 4) is 0 Å². The first-order valence-electron chi connectivity index (χ1n) is 5.46. The zero-order valence-corrected chi connectivity index (χ0v) is 9.12. The average molecular weight is 196 g/mol. The molecule has 15 heavy (non-hydrogen) atoms. The lowest BCUT2D eigenvalue weighted by Gasteiger charge is -1.97. The van der Waals surface area contributed by atoms with E-state index < -0.39 is 0 Å². The summed E-state index contributed by atoms with van der Waals surface area (Å²) in [5, 5.41) is 2.76. The van der Waals surface area contributed by atoms with Crippen LogP contribution in [0.1, 0.15) is 19.4 Å². The highest BCUT2D eigenvalue weighted by molar-refractivity contribution is 6.14. The SMILES string of the molecule is CC[N+]1=C(C)c2cccc3cccc1c23. The molecule has 1 aliphatic rings. The molecule has 1 nitrogen and oxygen atoms in total. The molecule has 1 heterocycles. The predicted molar refractivity (Wildman–Crippen MR) is 64.2 cm³/mol. The molecule has 0 N–H and O–H groups in total. The fourth-order valence-electron chi connectivity index (χ4n) is 2.58. The van der Waals surface area contributed by atoms with E-state index >= 15 is 0 Å². The maximum absolute atomic E-state index is 2.39. The van der Waals surface area contributed by atoms with Gasteiger partial charge in [-0.25, -0.2) is 0 Å².